The van der Waals surface area contributed by atoms with Gasteiger partial charge in [0.25, 0.3) is 5.91 Å². The van der Waals surface area contributed by atoms with E-state index in [9.17, 15) is 9.59 Å². The second kappa shape index (κ2) is 6.51. The number of esters is 1. The average Bonchev–Trinajstić information content (AvgIpc) is 2.57. The minimum atomic E-state index is -0.584. The maximum absolute atomic E-state index is 12.6. The Hall–Kier alpha value is -2.95. The smallest absolute Gasteiger partial charge is 0.325 e. The summed E-state index contributed by atoms with van der Waals surface area (Å²) >= 11 is 0. The van der Waals surface area contributed by atoms with Crippen molar-refractivity contribution >= 4 is 33.6 Å². The van der Waals surface area contributed by atoms with Crippen LogP contribution < -0.4 is 5.32 Å². The Morgan fingerprint density at radius 1 is 1.08 bits per heavy atom. The largest absolute Gasteiger partial charge is 0.459 e. The molecule has 0 radical (unpaired) electrons. The van der Waals surface area contributed by atoms with Crippen LogP contribution in [0.25, 0.3) is 21.7 Å². The van der Waals surface area contributed by atoms with Crippen molar-refractivity contribution in [2.24, 2.45) is 0 Å². The second-order valence-electron chi connectivity index (χ2n) is 6.81. The topological polar surface area (TPSA) is 68.3 Å². The van der Waals surface area contributed by atoms with Crippen molar-refractivity contribution in [1.82, 2.24) is 10.3 Å². The molecule has 0 aliphatic carbocycles. The van der Waals surface area contributed by atoms with Gasteiger partial charge in [0, 0.05) is 11.6 Å². The van der Waals surface area contributed by atoms with Crippen LogP contribution in [0.2, 0.25) is 0 Å². The lowest BCUT2D eigenvalue weighted by molar-refractivity contribution is -0.153. The maximum Gasteiger partial charge on any atom is 0.325 e. The number of fused-ring (bicyclic) bond motifs is 3. The highest BCUT2D eigenvalue weighted by molar-refractivity contribution is 6.15. The monoisotopic (exact) mass is 336 g/mol. The van der Waals surface area contributed by atoms with Crippen molar-refractivity contribution in [3.05, 3.63) is 54.2 Å². The van der Waals surface area contributed by atoms with Crippen LogP contribution in [0.4, 0.5) is 0 Å². The fourth-order valence-corrected chi connectivity index (χ4v) is 2.73. The molecule has 0 aliphatic heterocycles. The number of hydrogen-bond acceptors (Lipinski definition) is 4. The molecule has 1 N–H and O–H groups in total. The number of carbonyl (C=O) groups is 2. The van der Waals surface area contributed by atoms with Crippen LogP contribution in [-0.4, -0.2) is 29.0 Å². The average molecular weight is 336 g/mol. The van der Waals surface area contributed by atoms with Gasteiger partial charge in [-0.2, -0.15) is 0 Å². The summed E-state index contributed by atoms with van der Waals surface area (Å²) in [7, 11) is 0. The maximum atomic E-state index is 12.6. The number of rotatable bonds is 3. The summed E-state index contributed by atoms with van der Waals surface area (Å²) in [6.45, 7) is 5.17. The molecule has 0 aliphatic rings. The number of nitrogens with one attached hydrogen (secondary N) is 1. The Kier molecular flexibility index (Phi) is 4.40. The van der Waals surface area contributed by atoms with E-state index in [0.717, 1.165) is 16.2 Å². The minimum Gasteiger partial charge on any atom is -0.459 e. The van der Waals surface area contributed by atoms with E-state index in [1.54, 1.807) is 33.0 Å². The second-order valence-corrected chi connectivity index (χ2v) is 6.81. The van der Waals surface area contributed by atoms with Gasteiger partial charge in [0.05, 0.1) is 11.1 Å². The zero-order valence-corrected chi connectivity index (χ0v) is 14.5. The predicted octanol–water partition coefficient (Wildman–Crippen LogP) is 3.46. The molecule has 5 nitrogen and oxygen atoms in total. The number of pyridine rings is 1. The number of carbonyl (C=O) groups excluding carboxylic acids is 2. The first-order valence-electron chi connectivity index (χ1n) is 8.12. The van der Waals surface area contributed by atoms with Gasteiger partial charge < -0.3 is 10.1 Å². The third-order valence-corrected chi connectivity index (χ3v) is 3.67. The van der Waals surface area contributed by atoms with Gasteiger partial charge in [-0.05, 0) is 43.7 Å². The summed E-state index contributed by atoms with van der Waals surface area (Å²) < 4.78 is 5.21. The van der Waals surface area contributed by atoms with Crippen molar-refractivity contribution in [3.8, 4) is 0 Å². The lowest BCUT2D eigenvalue weighted by Gasteiger charge is -2.19. The van der Waals surface area contributed by atoms with Crippen molar-refractivity contribution in [3.63, 3.8) is 0 Å². The van der Waals surface area contributed by atoms with Gasteiger partial charge in [-0.3, -0.25) is 14.6 Å². The van der Waals surface area contributed by atoms with Crippen LogP contribution in [0, 0.1) is 0 Å². The molecule has 0 saturated heterocycles. The first-order chi connectivity index (χ1) is 11.8. The van der Waals surface area contributed by atoms with Crippen molar-refractivity contribution in [2.45, 2.75) is 26.4 Å². The Morgan fingerprint density at radius 3 is 2.56 bits per heavy atom. The SMILES string of the molecule is CC(C)(C)OC(=O)CNC(=O)c1cc2ccccc2c2cccnc12. The van der Waals surface area contributed by atoms with E-state index in [1.165, 1.54) is 0 Å². The molecule has 1 aromatic heterocycles. The lowest BCUT2D eigenvalue weighted by Crippen LogP contribution is -2.34. The fourth-order valence-electron chi connectivity index (χ4n) is 2.73. The molecule has 0 fully saturated rings. The third-order valence-electron chi connectivity index (χ3n) is 3.67. The molecule has 1 amide bonds. The molecule has 5 heteroatoms. The third kappa shape index (κ3) is 3.76. The number of nitrogens with zero attached hydrogens (tertiary/aromatic N) is 1. The van der Waals surface area contributed by atoms with E-state index in [2.05, 4.69) is 10.3 Å². The van der Waals surface area contributed by atoms with E-state index in [-0.39, 0.29) is 12.5 Å². The highest BCUT2D eigenvalue weighted by atomic mass is 16.6. The molecule has 1 heterocycles. The van der Waals surface area contributed by atoms with E-state index in [0.29, 0.717) is 11.1 Å². The Bertz CT molecular complexity index is 958. The zero-order chi connectivity index (χ0) is 18.0. The van der Waals surface area contributed by atoms with Crippen molar-refractivity contribution in [1.29, 1.82) is 0 Å². The fraction of sp³-hybridized carbons (Fsp3) is 0.250. The van der Waals surface area contributed by atoms with Gasteiger partial charge in [-0.15, -0.1) is 0 Å². The summed E-state index contributed by atoms with van der Waals surface area (Å²) in [6.07, 6.45) is 1.65. The number of hydrogen-bond donors (Lipinski definition) is 1. The van der Waals surface area contributed by atoms with Gasteiger partial charge in [0.15, 0.2) is 0 Å². The summed E-state index contributed by atoms with van der Waals surface area (Å²) in [6, 6.07) is 13.4. The summed E-state index contributed by atoms with van der Waals surface area (Å²) in [5, 5.41) is 5.52. The van der Waals surface area contributed by atoms with Crippen LogP contribution in [0.5, 0.6) is 0 Å². The van der Waals surface area contributed by atoms with Gasteiger partial charge in [-0.1, -0.05) is 30.3 Å². The van der Waals surface area contributed by atoms with Crippen LogP contribution in [0.15, 0.2) is 48.7 Å². The zero-order valence-electron chi connectivity index (χ0n) is 14.5. The molecule has 0 bridgehead atoms. The van der Waals surface area contributed by atoms with Gasteiger partial charge in [0.2, 0.25) is 0 Å². The highest BCUT2D eigenvalue weighted by Crippen LogP contribution is 2.27. The van der Waals surface area contributed by atoms with E-state index in [1.807, 2.05) is 36.4 Å². The molecule has 0 atom stereocenters. The Balaban J connectivity index is 1.92. The van der Waals surface area contributed by atoms with Crippen LogP contribution in [0.1, 0.15) is 31.1 Å². The van der Waals surface area contributed by atoms with Crippen molar-refractivity contribution < 1.29 is 14.3 Å². The van der Waals surface area contributed by atoms with E-state index in [4.69, 9.17) is 4.74 Å². The first-order valence-corrected chi connectivity index (χ1v) is 8.12. The summed E-state index contributed by atoms with van der Waals surface area (Å²) in [4.78, 5) is 28.8. The number of benzene rings is 2. The molecule has 25 heavy (non-hydrogen) atoms. The molecule has 0 spiro atoms. The van der Waals surface area contributed by atoms with Gasteiger partial charge in [-0.25, -0.2) is 0 Å². The Labute approximate surface area is 146 Å². The number of ether oxygens (including phenoxy) is 1. The lowest BCUT2D eigenvalue weighted by atomic mass is 10.0. The molecule has 3 aromatic rings. The van der Waals surface area contributed by atoms with Gasteiger partial charge >= 0.3 is 5.97 Å². The van der Waals surface area contributed by atoms with E-state index < -0.39 is 11.6 Å². The molecule has 128 valence electrons. The first kappa shape index (κ1) is 16.9. The molecule has 0 unspecified atom stereocenters. The highest BCUT2D eigenvalue weighted by Gasteiger charge is 2.18. The number of amides is 1. The standard InChI is InChI=1S/C20H20N2O3/c1-20(2,3)25-17(23)12-22-19(24)16-11-13-7-4-5-8-14(13)15-9-6-10-21-18(15)16/h4-11H,12H2,1-3H3,(H,22,24). The predicted molar refractivity (Wildman–Crippen MR) is 97.4 cm³/mol. The summed E-state index contributed by atoms with van der Waals surface area (Å²) in [5.41, 5.74) is 0.472. The van der Waals surface area contributed by atoms with E-state index >= 15 is 0 Å². The van der Waals surface area contributed by atoms with Crippen molar-refractivity contribution in [2.75, 3.05) is 6.54 Å². The normalized spacial score (nSPS) is 11.5. The molecular formula is C20H20N2O3. The molecular weight excluding hydrogens is 316 g/mol. The van der Waals surface area contributed by atoms with Crippen LogP contribution >= 0.6 is 0 Å². The molecule has 2 aromatic carbocycles. The molecule has 0 saturated carbocycles. The van der Waals surface area contributed by atoms with Crippen LogP contribution in [-0.2, 0) is 9.53 Å². The van der Waals surface area contributed by atoms with Gasteiger partial charge in [0.1, 0.15) is 12.1 Å². The number of aromatic nitrogens is 1. The summed E-state index contributed by atoms with van der Waals surface area (Å²) in [5.74, 6) is -0.820. The van der Waals surface area contributed by atoms with Crippen LogP contribution in [0.3, 0.4) is 0 Å². The quantitative estimate of drug-likeness (QED) is 0.587. The Morgan fingerprint density at radius 2 is 1.80 bits per heavy atom. The minimum absolute atomic E-state index is 0.183. The molecule has 3 rings (SSSR count).